The molecule has 3 aromatic carbocycles. The fraction of sp³-hybridized carbons (Fsp3) is 0.231. The Bertz CT molecular complexity index is 1500. The van der Waals surface area contributed by atoms with Gasteiger partial charge in [-0.15, -0.1) is 0 Å². The summed E-state index contributed by atoms with van der Waals surface area (Å²) in [6.07, 6.45) is 1.01. The number of anilines is 1. The number of urea groups is 1. The van der Waals surface area contributed by atoms with Crippen LogP contribution in [-0.4, -0.2) is 32.6 Å². The van der Waals surface area contributed by atoms with E-state index in [0.29, 0.717) is 41.4 Å². The lowest BCUT2D eigenvalue weighted by Crippen LogP contribution is -2.65. The van der Waals surface area contributed by atoms with E-state index in [1.807, 2.05) is 6.92 Å². The molecule has 2 heterocycles. The first-order chi connectivity index (χ1) is 17.5. The average Bonchev–Trinajstić information content (AvgIpc) is 2.84. The second-order valence-electron chi connectivity index (χ2n) is 9.25. The maximum absolute atomic E-state index is 13.2. The summed E-state index contributed by atoms with van der Waals surface area (Å²) < 4.78 is 29.1. The number of primary sulfonamides is 1. The number of nitrogens with zero attached hydrogens (tertiary/aromatic N) is 1. The number of fused-ring (bicyclic) bond motifs is 4. The second kappa shape index (κ2) is 9.37. The van der Waals surface area contributed by atoms with Crippen LogP contribution in [0.2, 0.25) is 5.02 Å². The number of rotatable bonds is 6. The van der Waals surface area contributed by atoms with Crippen LogP contribution < -0.4 is 25.4 Å². The molecule has 37 heavy (non-hydrogen) atoms. The van der Waals surface area contributed by atoms with Crippen molar-refractivity contribution in [3.05, 3.63) is 88.4 Å². The minimum absolute atomic E-state index is 0.0353. The molecule has 0 saturated carbocycles. The van der Waals surface area contributed by atoms with Crippen molar-refractivity contribution in [1.29, 1.82) is 0 Å². The Labute approximate surface area is 219 Å². The number of ether oxygens (including phenoxy) is 1. The molecule has 192 valence electrons. The third kappa shape index (κ3) is 5.00. The van der Waals surface area contributed by atoms with Crippen molar-refractivity contribution in [3.8, 4) is 5.75 Å². The van der Waals surface area contributed by atoms with Gasteiger partial charge in [0.15, 0.2) is 5.72 Å². The van der Waals surface area contributed by atoms with Crippen molar-refractivity contribution in [2.45, 2.75) is 36.4 Å². The van der Waals surface area contributed by atoms with Crippen LogP contribution in [0.25, 0.3) is 0 Å². The highest BCUT2D eigenvalue weighted by atomic mass is 35.5. The zero-order chi connectivity index (χ0) is 26.4. The summed E-state index contributed by atoms with van der Waals surface area (Å²) in [5, 5.41) is 11.6. The maximum Gasteiger partial charge on any atom is 0.325 e. The van der Waals surface area contributed by atoms with Gasteiger partial charge in [0.2, 0.25) is 10.0 Å². The number of amides is 3. The van der Waals surface area contributed by atoms with Gasteiger partial charge in [-0.25, -0.2) is 18.4 Å². The summed E-state index contributed by atoms with van der Waals surface area (Å²) >= 11 is 6.15. The monoisotopic (exact) mass is 540 g/mol. The minimum atomic E-state index is -3.75. The van der Waals surface area contributed by atoms with Crippen LogP contribution in [0.3, 0.4) is 0 Å². The zero-order valence-electron chi connectivity index (χ0n) is 19.9. The normalized spacial score (nSPS) is 20.5. The molecule has 5 rings (SSSR count). The third-order valence-electron chi connectivity index (χ3n) is 6.55. The van der Waals surface area contributed by atoms with E-state index in [9.17, 15) is 18.0 Å². The highest BCUT2D eigenvalue weighted by molar-refractivity contribution is 7.89. The molecule has 0 spiro atoms. The number of carbonyl (C=O) groups is 2. The molecule has 1 fully saturated rings. The molecule has 3 aromatic rings. The lowest BCUT2D eigenvalue weighted by Gasteiger charge is -2.50. The highest BCUT2D eigenvalue weighted by Gasteiger charge is 2.50. The molecule has 1 saturated heterocycles. The number of hydrogen-bond donors (Lipinski definition) is 3. The molecular weight excluding hydrogens is 516 g/mol. The molecule has 2 atom stereocenters. The van der Waals surface area contributed by atoms with E-state index < -0.39 is 15.7 Å². The van der Waals surface area contributed by atoms with E-state index >= 15 is 0 Å². The summed E-state index contributed by atoms with van der Waals surface area (Å²) in [4.78, 5) is 27.6. The van der Waals surface area contributed by atoms with Crippen molar-refractivity contribution in [2.75, 3.05) is 11.4 Å². The first kappa shape index (κ1) is 25.1. The Balaban J connectivity index is 1.29. The number of sulfonamides is 1. The second-order valence-corrected chi connectivity index (χ2v) is 11.2. The number of nitrogens with one attached hydrogen (secondary N) is 2. The Morgan fingerprint density at radius 1 is 1.19 bits per heavy atom. The molecule has 11 heteroatoms. The summed E-state index contributed by atoms with van der Waals surface area (Å²) in [7, 11) is -3.75. The predicted octanol–water partition coefficient (Wildman–Crippen LogP) is 3.73. The predicted molar refractivity (Wildman–Crippen MR) is 139 cm³/mol. The van der Waals surface area contributed by atoms with Gasteiger partial charge in [0.05, 0.1) is 16.6 Å². The van der Waals surface area contributed by atoms with Gasteiger partial charge >= 0.3 is 6.03 Å². The lowest BCUT2D eigenvalue weighted by atomic mass is 9.90. The largest absolute Gasteiger partial charge is 0.467 e. The molecular formula is C26H25ClN4O5S. The number of hydrogen-bond acceptors (Lipinski definition) is 5. The topological polar surface area (TPSA) is 131 Å². The number of nitrogens with two attached hydrogens (primary N) is 1. The van der Waals surface area contributed by atoms with Gasteiger partial charge in [-0.05, 0) is 67.4 Å². The van der Waals surface area contributed by atoms with E-state index in [-0.39, 0.29) is 22.9 Å². The maximum atomic E-state index is 13.2. The molecule has 0 aliphatic carbocycles. The van der Waals surface area contributed by atoms with Crippen molar-refractivity contribution in [2.24, 2.45) is 5.14 Å². The summed E-state index contributed by atoms with van der Waals surface area (Å²) in [6, 6.07) is 17.8. The fourth-order valence-corrected chi connectivity index (χ4v) is 5.49. The molecule has 0 aromatic heterocycles. The van der Waals surface area contributed by atoms with E-state index in [4.69, 9.17) is 21.5 Å². The SMILES string of the molecule is CC12CC(NC(=O)N1c1cccc(C(=O)NCCc3ccc(S(N)(=O)=O)cc3)c1)c1cc(Cl)ccc1O2. The molecule has 2 aliphatic heterocycles. The van der Waals surface area contributed by atoms with E-state index in [1.54, 1.807) is 54.6 Å². The van der Waals surface area contributed by atoms with Gasteiger partial charge in [-0.2, -0.15) is 0 Å². The molecule has 2 aliphatic rings. The number of halogens is 1. The molecule has 2 bridgehead atoms. The molecule has 0 radical (unpaired) electrons. The van der Waals surface area contributed by atoms with Crippen LogP contribution in [0.1, 0.15) is 40.9 Å². The number of carbonyl (C=O) groups excluding carboxylic acids is 2. The van der Waals surface area contributed by atoms with Crippen LogP contribution >= 0.6 is 11.6 Å². The van der Waals surface area contributed by atoms with E-state index in [1.165, 1.54) is 17.0 Å². The van der Waals surface area contributed by atoms with Gasteiger partial charge < -0.3 is 15.4 Å². The molecule has 4 N–H and O–H groups in total. The van der Waals surface area contributed by atoms with E-state index in [0.717, 1.165) is 11.1 Å². The van der Waals surface area contributed by atoms with Crippen LogP contribution in [0.5, 0.6) is 5.75 Å². The summed E-state index contributed by atoms with van der Waals surface area (Å²) in [5.41, 5.74) is 1.66. The van der Waals surface area contributed by atoms with Crippen molar-refractivity contribution < 1.29 is 22.7 Å². The quantitative estimate of drug-likeness (QED) is 0.438. The first-order valence-electron chi connectivity index (χ1n) is 11.6. The number of benzene rings is 3. The Morgan fingerprint density at radius 3 is 2.68 bits per heavy atom. The Morgan fingerprint density at radius 2 is 1.95 bits per heavy atom. The van der Waals surface area contributed by atoms with Gasteiger partial charge in [-0.3, -0.25) is 9.69 Å². The van der Waals surface area contributed by atoms with Gasteiger partial charge in [0.1, 0.15) is 5.75 Å². The molecule has 9 nitrogen and oxygen atoms in total. The first-order valence-corrected chi connectivity index (χ1v) is 13.6. The standard InChI is InChI=1S/C26H25ClN4O5S/c1-26-15-22(21-14-18(27)7-10-23(21)36-26)30-25(33)31(26)19-4-2-3-17(13-19)24(32)29-12-11-16-5-8-20(9-6-16)37(28,34)35/h2-10,13-14,22H,11-12,15H2,1H3,(H,29,32)(H,30,33)(H2,28,34,35). The Hall–Kier alpha value is -3.60. The van der Waals surface area contributed by atoms with Crippen molar-refractivity contribution in [1.82, 2.24) is 10.6 Å². The Kier molecular flexibility index (Phi) is 6.35. The van der Waals surface area contributed by atoms with E-state index in [2.05, 4.69) is 10.6 Å². The van der Waals surface area contributed by atoms with Crippen molar-refractivity contribution in [3.63, 3.8) is 0 Å². The van der Waals surface area contributed by atoms with Gasteiger partial charge in [0.25, 0.3) is 5.91 Å². The van der Waals surface area contributed by atoms with Gasteiger partial charge in [0, 0.05) is 29.1 Å². The van der Waals surface area contributed by atoms with Crippen LogP contribution in [0.15, 0.2) is 71.6 Å². The molecule has 3 amide bonds. The van der Waals surface area contributed by atoms with Crippen molar-refractivity contribution >= 4 is 39.2 Å². The third-order valence-corrected chi connectivity index (χ3v) is 7.72. The van der Waals surface area contributed by atoms with Crippen LogP contribution in [0.4, 0.5) is 10.5 Å². The zero-order valence-corrected chi connectivity index (χ0v) is 21.5. The average molecular weight is 541 g/mol. The summed E-state index contributed by atoms with van der Waals surface area (Å²) in [5.74, 6) is 0.354. The van der Waals surface area contributed by atoms with Crippen LogP contribution in [-0.2, 0) is 16.4 Å². The van der Waals surface area contributed by atoms with Gasteiger partial charge in [-0.1, -0.05) is 29.8 Å². The highest BCUT2D eigenvalue weighted by Crippen LogP contribution is 2.46. The fourth-order valence-electron chi connectivity index (χ4n) is 4.79. The lowest BCUT2D eigenvalue weighted by molar-refractivity contribution is 0.0378. The summed E-state index contributed by atoms with van der Waals surface area (Å²) in [6.45, 7) is 2.19. The minimum Gasteiger partial charge on any atom is -0.467 e. The smallest absolute Gasteiger partial charge is 0.325 e. The van der Waals surface area contributed by atoms with Crippen LogP contribution in [0, 0.1) is 0 Å². The molecule has 2 unspecified atom stereocenters.